The van der Waals surface area contributed by atoms with E-state index in [9.17, 15) is 10.1 Å². The van der Waals surface area contributed by atoms with Crippen LogP contribution in [0.15, 0.2) is 12.1 Å². The van der Waals surface area contributed by atoms with Gasteiger partial charge in [-0.1, -0.05) is 0 Å². The molecule has 1 aromatic heterocycles. The van der Waals surface area contributed by atoms with Crippen molar-refractivity contribution < 1.29 is 14.4 Å². The third-order valence-electron chi connectivity index (χ3n) is 2.87. The molecule has 2 rings (SSSR count). The molecule has 1 saturated heterocycles. The lowest BCUT2D eigenvalue weighted by atomic mass is 10.2. The van der Waals surface area contributed by atoms with Gasteiger partial charge in [-0.05, 0) is 13.8 Å². The number of aromatic nitrogens is 1. The molecule has 7 nitrogen and oxygen atoms in total. The minimum Gasteiger partial charge on any atom is -0.475 e. The first kappa shape index (κ1) is 13.7. The summed E-state index contributed by atoms with van der Waals surface area (Å²) in [5, 5.41) is 13.9. The molecular weight excluding hydrogens is 250 g/mol. The van der Waals surface area contributed by atoms with Gasteiger partial charge in [-0.25, -0.2) is 4.98 Å². The highest BCUT2D eigenvalue weighted by Gasteiger charge is 2.20. The van der Waals surface area contributed by atoms with Gasteiger partial charge < -0.3 is 14.8 Å². The standard InChI is InChI=1S/C12H17N3O4/c1-8-5-13-6-10(19-8)7-18-12-4-3-11(15(16)17)9(2)14-12/h3-4,8,10,13H,5-7H2,1-2H3. The first-order chi connectivity index (χ1) is 9.06. The SMILES string of the molecule is Cc1nc(OCC2CNCC(C)O2)ccc1[N+](=O)[O-]. The van der Waals surface area contributed by atoms with E-state index in [-0.39, 0.29) is 17.9 Å². The lowest BCUT2D eigenvalue weighted by molar-refractivity contribution is -0.385. The molecule has 0 aliphatic carbocycles. The third kappa shape index (κ3) is 3.62. The van der Waals surface area contributed by atoms with Crippen molar-refractivity contribution in [3.05, 3.63) is 27.9 Å². The molecule has 1 N–H and O–H groups in total. The van der Waals surface area contributed by atoms with E-state index >= 15 is 0 Å². The molecule has 104 valence electrons. The molecule has 1 aromatic rings. The zero-order valence-electron chi connectivity index (χ0n) is 11.0. The number of hydrogen-bond donors (Lipinski definition) is 1. The molecule has 0 radical (unpaired) electrons. The number of rotatable bonds is 4. The quantitative estimate of drug-likeness (QED) is 0.648. The van der Waals surface area contributed by atoms with Gasteiger partial charge >= 0.3 is 0 Å². The number of hydrogen-bond acceptors (Lipinski definition) is 6. The Kier molecular flexibility index (Phi) is 4.28. The Bertz CT molecular complexity index is 466. The van der Waals surface area contributed by atoms with Crippen molar-refractivity contribution in [2.45, 2.75) is 26.1 Å². The van der Waals surface area contributed by atoms with E-state index in [4.69, 9.17) is 9.47 Å². The summed E-state index contributed by atoms with van der Waals surface area (Å²) in [4.78, 5) is 14.3. The van der Waals surface area contributed by atoms with Crippen LogP contribution in [0.4, 0.5) is 5.69 Å². The molecule has 1 aliphatic rings. The Balaban J connectivity index is 1.92. The highest BCUT2D eigenvalue weighted by atomic mass is 16.6. The second-order valence-electron chi connectivity index (χ2n) is 4.55. The van der Waals surface area contributed by atoms with Gasteiger partial charge in [-0.2, -0.15) is 0 Å². The largest absolute Gasteiger partial charge is 0.475 e. The van der Waals surface area contributed by atoms with E-state index in [1.54, 1.807) is 6.92 Å². The number of nitrogens with zero attached hydrogens (tertiary/aromatic N) is 2. The van der Waals surface area contributed by atoms with Crippen LogP contribution in [0.2, 0.25) is 0 Å². The van der Waals surface area contributed by atoms with Gasteiger partial charge in [-0.3, -0.25) is 10.1 Å². The smallest absolute Gasteiger partial charge is 0.290 e. The van der Waals surface area contributed by atoms with Crippen LogP contribution in [0, 0.1) is 17.0 Å². The van der Waals surface area contributed by atoms with Crippen molar-refractivity contribution in [3.63, 3.8) is 0 Å². The van der Waals surface area contributed by atoms with Gasteiger partial charge in [0.25, 0.3) is 5.69 Å². The van der Waals surface area contributed by atoms with Crippen molar-refractivity contribution in [1.29, 1.82) is 0 Å². The second-order valence-corrected chi connectivity index (χ2v) is 4.55. The number of aryl methyl sites for hydroxylation is 1. The summed E-state index contributed by atoms with van der Waals surface area (Å²) in [6, 6.07) is 2.91. The maximum absolute atomic E-state index is 10.7. The highest BCUT2D eigenvalue weighted by molar-refractivity contribution is 5.36. The Morgan fingerprint density at radius 3 is 3.00 bits per heavy atom. The molecule has 2 unspecified atom stereocenters. The van der Waals surface area contributed by atoms with E-state index in [0.29, 0.717) is 18.2 Å². The van der Waals surface area contributed by atoms with Crippen molar-refractivity contribution in [3.8, 4) is 5.88 Å². The van der Waals surface area contributed by atoms with Crippen LogP contribution < -0.4 is 10.1 Å². The second kappa shape index (κ2) is 5.94. The Morgan fingerprint density at radius 1 is 1.58 bits per heavy atom. The fraction of sp³-hybridized carbons (Fsp3) is 0.583. The van der Waals surface area contributed by atoms with Gasteiger partial charge in [0.05, 0.1) is 11.0 Å². The maximum atomic E-state index is 10.7. The summed E-state index contributed by atoms with van der Waals surface area (Å²) in [5.41, 5.74) is 0.343. The fourth-order valence-electron chi connectivity index (χ4n) is 1.95. The number of pyridine rings is 1. The molecule has 2 atom stereocenters. The molecule has 1 fully saturated rings. The van der Waals surface area contributed by atoms with Crippen molar-refractivity contribution in [1.82, 2.24) is 10.3 Å². The van der Waals surface area contributed by atoms with E-state index in [1.807, 2.05) is 6.92 Å². The van der Waals surface area contributed by atoms with Gasteiger partial charge in [0.1, 0.15) is 18.4 Å². The Morgan fingerprint density at radius 2 is 2.37 bits per heavy atom. The molecule has 7 heteroatoms. The average Bonchev–Trinajstić information content (AvgIpc) is 2.36. The Labute approximate surface area is 111 Å². The number of nitro groups is 1. The van der Waals surface area contributed by atoms with Crippen molar-refractivity contribution >= 4 is 5.69 Å². The molecule has 0 aromatic carbocycles. The number of morpholine rings is 1. The summed E-state index contributed by atoms with van der Waals surface area (Å²) in [6.07, 6.45) is 0.134. The number of ether oxygens (including phenoxy) is 2. The van der Waals surface area contributed by atoms with Crippen LogP contribution in [0.1, 0.15) is 12.6 Å². The van der Waals surface area contributed by atoms with E-state index < -0.39 is 4.92 Å². The molecule has 1 aliphatic heterocycles. The van der Waals surface area contributed by atoms with Gasteiger partial charge in [0.15, 0.2) is 0 Å². The zero-order valence-corrected chi connectivity index (χ0v) is 11.0. The van der Waals surface area contributed by atoms with Crippen LogP contribution in [-0.2, 0) is 4.74 Å². The zero-order chi connectivity index (χ0) is 13.8. The molecule has 0 amide bonds. The first-order valence-electron chi connectivity index (χ1n) is 6.17. The monoisotopic (exact) mass is 267 g/mol. The number of nitrogens with one attached hydrogen (secondary N) is 1. The molecule has 19 heavy (non-hydrogen) atoms. The summed E-state index contributed by atoms with van der Waals surface area (Å²) >= 11 is 0. The topological polar surface area (TPSA) is 86.5 Å². The lowest BCUT2D eigenvalue weighted by Gasteiger charge is -2.28. The molecule has 0 saturated carbocycles. The molecule has 0 bridgehead atoms. The van der Waals surface area contributed by atoms with Crippen LogP contribution in [0.3, 0.4) is 0 Å². The summed E-state index contributed by atoms with van der Waals surface area (Å²) in [6.45, 7) is 5.53. The normalized spacial score (nSPS) is 23.1. The average molecular weight is 267 g/mol. The van der Waals surface area contributed by atoms with Crippen molar-refractivity contribution in [2.75, 3.05) is 19.7 Å². The summed E-state index contributed by atoms with van der Waals surface area (Å²) in [5.74, 6) is 0.380. The van der Waals surface area contributed by atoms with E-state index in [1.165, 1.54) is 12.1 Å². The van der Waals surface area contributed by atoms with Crippen LogP contribution in [0.25, 0.3) is 0 Å². The summed E-state index contributed by atoms with van der Waals surface area (Å²) in [7, 11) is 0. The van der Waals surface area contributed by atoms with Gasteiger partial charge in [0, 0.05) is 25.2 Å². The highest BCUT2D eigenvalue weighted by Crippen LogP contribution is 2.19. The summed E-state index contributed by atoms with van der Waals surface area (Å²) < 4.78 is 11.2. The minimum absolute atomic E-state index is 0.00319. The van der Waals surface area contributed by atoms with E-state index in [2.05, 4.69) is 10.3 Å². The van der Waals surface area contributed by atoms with Crippen LogP contribution in [-0.4, -0.2) is 41.8 Å². The fourth-order valence-corrected chi connectivity index (χ4v) is 1.95. The van der Waals surface area contributed by atoms with Gasteiger partial charge in [-0.15, -0.1) is 0 Å². The maximum Gasteiger partial charge on any atom is 0.290 e. The van der Waals surface area contributed by atoms with E-state index in [0.717, 1.165) is 13.1 Å². The predicted molar refractivity (Wildman–Crippen MR) is 68.3 cm³/mol. The minimum atomic E-state index is -0.456. The first-order valence-corrected chi connectivity index (χ1v) is 6.17. The molecule has 2 heterocycles. The predicted octanol–water partition coefficient (Wildman–Crippen LogP) is 1.05. The Hall–Kier alpha value is -1.73. The van der Waals surface area contributed by atoms with Crippen LogP contribution in [0.5, 0.6) is 5.88 Å². The third-order valence-corrected chi connectivity index (χ3v) is 2.87. The van der Waals surface area contributed by atoms with Crippen molar-refractivity contribution in [2.24, 2.45) is 0 Å². The van der Waals surface area contributed by atoms with Crippen LogP contribution >= 0.6 is 0 Å². The molecule has 0 spiro atoms. The molecular formula is C12H17N3O4. The van der Waals surface area contributed by atoms with Gasteiger partial charge in [0.2, 0.25) is 5.88 Å². The lowest BCUT2D eigenvalue weighted by Crippen LogP contribution is -2.45.